The number of amides is 1. The van der Waals surface area contributed by atoms with E-state index >= 15 is 0 Å². The minimum atomic E-state index is -4.49. The lowest BCUT2D eigenvalue weighted by atomic mass is 9.87. The van der Waals surface area contributed by atoms with Gasteiger partial charge in [0, 0.05) is 24.5 Å². The third kappa shape index (κ3) is 5.14. The molecule has 0 spiro atoms. The zero-order valence-corrected chi connectivity index (χ0v) is 22.6. The lowest BCUT2D eigenvalue weighted by molar-refractivity contribution is -0.138. The first-order valence-electron chi connectivity index (χ1n) is 13.0. The molecule has 0 saturated carbocycles. The van der Waals surface area contributed by atoms with E-state index in [1.807, 2.05) is 56.3 Å². The second-order valence-corrected chi connectivity index (χ2v) is 12.2. The summed E-state index contributed by atoms with van der Waals surface area (Å²) >= 11 is 0. The fourth-order valence-corrected chi connectivity index (χ4v) is 7.03. The van der Waals surface area contributed by atoms with Crippen molar-refractivity contribution in [3.8, 4) is 11.3 Å². The van der Waals surface area contributed by atoms with Gasteiger partial charge >= 0.3 is 5.12 Å². The first kappa shape index (κ1) is 26.8. The molecule has 10 heteroatoms. The van der Waals surface area contributed by atoms with Gasteiger partial charge in [-0.25, -0.2) is 8.42 Å². The van der Waals surface area contributed by atoms with Gasteiger partial charge in [0.25, 0.3) is 10.0 Å². The molecule has 1 amide bonds. The molecule has 0 aliphatic carbocycles. The topological polar surface area (TPSA) is 118 Å². The minimum absolute atomic E-state index is 0.197. The molecule has 2 aliphatic heterocycles. The molecule has 0 N–H and O–H groups in total. The number of Topliss-reactive ketones (excluding diaryl/α,β-unsaturated/α-hetero) is 1. The van der Waals surface area contributed by atoms with Crippen molar-refractivity contribution in [3.05, 3.63) is 84.3 Å². The Hall–Kier alpha value is -3.76. The summed E-state index contributed by atoms with van der Waals surface area (Å²) in [5.74, 6) is -0.907. The number of carbonyl (C=O) groups is 3. The number of aromatic nitrogens is 2. The van der Waals surface area contributed by atoms with Crippen LogP contribution in [0.4, 0.5) is 0 Å². The number of hydrogen-bond acceptors (Lipinski definition) is 7. The van der Waals surface area contributed by atoms with E-state index in [9.17, 15) is 22.8 Å². The van der Waals surface area contributed by atoms with Gasteiger partial charge in [-0.2, -0.15) is 4.31 Å². The van der Waals surface area contributed by atoms with Crippen LogP contribution in [-0.4, -0.2) is 69.6 Å². The van der Waals surface area contributed by atoms with Crippen LogP contribution in [0, 0.1) is 5.92 Å². The number of nitrogens with zero attached hydrogens (tertiary/aromatic N) is 4. The molecule has 2 fully saturated rings. The number of hydrogen-bond donors (Lipinski definition) is 0. The molecule has 202 valence electrons. The van der Waals surface area contributed by atoms with Crippen LogP contribution in [0.25, 0.3) is 11.3 Å². The van der Waals surface area contributed by atoms with Gasteiger partial charge in [-0.05, 0) is 54.7 Å². The molecule has 5 rings (SSSR count). The Bertz CT molecular complexity index is 1490. The van der Waals surface area contributed by atoms with E-state index < -0.39 is 39.7 Å². The Morgan fingerprint density at radius 2 is 1.74 bits per heavy atom. The molecule has 3 aromatic rings. The summed E-state index contributed by atoms with van der Waals surface area (Å²) in [6, 6.07) is 16.1. The monoisotopic (exact) mass is 546 g/mol. The summed E-state index contributed by atoms with van der Waals surface area (Å²) in [5, 5.41) is -1.15. The van der Waals surface area contributed by atoms with E-state index in [2.05, 4.69) is 9.97 Å². The lowest BCUT2D eigenvalue weighted by Gasteiger charge is -2.29. The van der Waals surface area contributed by atoms with Gasteiger partial charge in [-0.3, -0.25) is 24.4 Å². The molecule has 0 radical (unpaired) electrons. The van der Waals surface area contributed by atoms with Crippen LogP contribution in [0.15, 0.2) is 73.1 Å². The van der Waals surface area contributed by atoms with Gasteiger partial charge in [0.1, 0.15) is 11.7 Å². The number of benzene rings is 1. The Morgan fingerprint density at radius 1 is 1.00 bits per heavy atom. The van der Waals surface area contributed by atoms with Crippen LogP contribution in [0.2, 0.25) is 0 Å². The zero-order valence-electron chi connectivity index (χ0n) is 21.8. The molecule has 3 atom stereocenters. The minimum Gasteiger partial charge on any atom is -0.330 e. The molecule has 2 aliphatic rings. The molecule has 0 bridgehead atoms. The van der Waals surface area contributed by atoms with Crippen molar-refractivity contribution in [2.45, 2.75) is 44.7 Å². The predicted molar refractivity (Wildman–Crippen MR) is 145 cm³/mol. The molecule has 1 aromatic carbocycles. The third-order valence-corrected chi connectivity index (χ3v) is 9.03. The van der Waals surface area contributed by atoms with Gasteiger partial charge < -0.3 is 4.90 Å². The highest BCUT2D eigenvalue weighted by Crippen LogP contribution is 2.37. The number of fused-ring (bicyclic) bond motifs is 1. The Morgan fingerprint density at radius 3 is 2.41 bits per heavy atom. The highest BCUT2D eigenvalue weighted by atomic mass is 32.2. The fourth-order valence-electron chi connectivity index (χ4n) is 5.56. The van der Waals surface area contributed by atoms with Crippen molar-refractivity contribution in [2.24, 2.45) is 5.92 Å². The summed E-state index contributed by atoms with van der Waals surface area (Å²) < 4.78 is 27.5. The first-order valence-corrected chi connectivity index (χ1v) is 14.4. The van der Waals surface area contributed by atoms with Crippen LogP contribution < -0.4 is 0 Å². The van der Waals surface area contributed by atoms with Crippen molar-refractivity contribution >= 4 is 26.8 Å². The summed E-state index contributed by atoms with van der Waals surface area (Å²) in [5.41, 5.74) is 2.29. The van der Waals surface area contributed by atoms with Crippen molar-refractivity contribution < 1.29 is 22.8 Å². The van der Waals surface area contributed by atoms with Crippen LogP contribution in [-0.2, 0) is 19.6 Å². The van der Waals surface area contributed by atoms with E-state index in [1.54, 1.807) is 12.3 Å². The Labute approximate surface area is 227 Å². The summed E-state index contributed by atoms with van der Waals surface area (Å²) in [6.07, 6.45) is 3.90. The second kappa shape index (κ2) is 10.8. The number of likely N-dealkylation sites (tertiary alicyclic amines) is 1. The average molecular weight is 547 g/mol. The van der Waals surface area contributed by atoms with Crippen LogP contribution in [0.5, 0.6) is 0 Å². The quantitative estimate of drug-likeness (QED) is 0.446. The van der Waals surface area contributed by atoms with Gasteiger partial charge in [-0.15, -0.1) is 0 Å². The van der Waals surface area contributed by atoms with E-state index in [1.165, 1.54) is 23.2 Å². The maximum atomic E-state index is 14.0. The van der Waals surface area contributed by atoms with Crippen LogP contribution >= 0.6 is 0 Å². The van der Waals surface area contributed by atoms with E-state index in [0.717, 1.165) is 21.1 Å². The number of ketones is 1. The van der Waals surface area contributed by atoms with Crippen molar-refractivity contribution in [3.63, 3.8) is 0 Å². The molecule has 3 unspecified atom stereocenters. The molecule has 4 heterocycles. The fraction of sp³-hybridized carbons (Fsp3) is 0.345. The summed E-state index contributed by atoms with van der Waals surface area (Å²) in [7, 11) is -4.49. The standard InChI is InChI=1S/C29H30N4O5S/c1-19(2)16-22(20-8-7-9-21(17-20)23-10-3-5-13-30-23)28(35)32-15-12-25-27(32)26(34)18-33(25)39(37,38)29(36)24-11-4-6-14-31-24/h3-11,13-14,17,19,22,25,27H,12,15-16,18H2,1-2H3. The molecule has 2 saturated heterocycles. The van der Waals surface area contributed by atoms with Crippen LogP contribution in [0.3, 0.4) is 0 Å². The molecular formula is C29H30N4O5S. The summed E-state index contributed by atoms with van der Waals surface area (Å²) in [6.45, 7) is 3.87. The van der Waals surface area contributed by atoms with E-state index in [-0.39, 0.29) is 36.3 Å². The third-order valence-electron chi connectivity index (χ3n) is 7.33. The number of rotatable bonds is 7. The predicted octanol–water partition coefficient (Wildman–Crippen LogP) is 3.30. The maximum absolute atomic E-state index is 14.0. The highest BCUT2D eigenvalue weighted by Gasteiger charge is 2.55. The van der Waals surface area contributed by atoms with Gasteiger partial charge in [0.15, 0.2) is 5.78 Å². The van der Waals surface area contributed by atoms with Crippen molar-refractivity contribution in [2.75, 3.05) is 13.1 Å². The second-order valence-electron chi connectivity index (χ2n) is 10.4. The molecule has 9 nitrogen and oxygen atoms in total. The highest BCUT2D eigenvalue weighted by molar-refractivity contribution is 8.04. The van der Waals surface area contributed by atoms with Crippen LogP contribution in [0.1, 0.15) is 48.7 Å². The Kier molecular flexibility index (Phi) is 7.42. The smallest absolute Gasteiger partial charge is 0.310 e. The maximum Gasteiger partial charge on any atom is 0.310 e. The average Bonchev–Trinajstić information content (AvgIpc) is 3.53. The first-order chi connectivity index (χ1) is 18.7. The normalized spacial score (nSPS) is 20.3. The van der Waals surface area contributed by atoms with Crippen molar-refractivity contribution in [1.82, 2.24) is 19.2 Å². The SMILES string of the molecule is CC(C)CC(C(=O)N1CCC2C1C(=O)CN2S(=O)(=O)C(=O)c1ccccn1)c1cccc(-c2ccccn2)c1. The van der Waals surface area contributed by atoms with Gasteiger partial charge in [0.05, 0.1) is 24.2 Å². The molecule has 2 aromatic heterocycles. The lowest BCUT2D eigenvalue weighted by Crippen LogP contribution is -2.46. The molecular weight excluding hydrogens is 516 g/mol. The number of carbonyl (C=O) groups excluding carboxylic acids is 3. The molecule has 39 heavy (non-hydrogen) atoms. The number of sulfonamides is 1. The van der Waals surface area contributed by atoms with Gasteiger partial charge in [-0.1, -0.05) is 44.2 Å². The summed E-state index contributed by atoms with van der Waals surface area (Å²) in [4.78, 5) is 49.9. The van der Waals surface area contributed by atoms with Gasteiger partial charge in [0.2, 0.25) is 5.91 Å². The number of pyridine rings is 2. The zero-order chi connectivity index (χ0) is 27.7. The largest absolute Gasteiger partial charge is 0.330 e. The Balaban J connectivity index is 1.42. The van der Waals surface area contributed by atoms with E-state index in [4.69, 9.17) is 0 Å². The van der Waals surface area contributed by atoms with Crippen molar-refractivity contribution in [1.29, 1.82) is 0 Å². The van der Waals surface area contributed by atoms with E-state index in [0.29, 0.717) is 6.42 Å².